The molecule has 1 rings (SSSR count). The number of carbonyl (C=O) groups is 2. The summed E-state index contributed by atoms with van der Waals surface area (Å²) in [5, 5.41) is 3.77. The van der Waals surface area contributed by atoms with Crippen LogP contribution in [0.1, 0.15) is 13.8 Å². The van der Waals surface area contributed by atoms with Crippen LogP contribution in [0.4, 0.5) is 0 Å². The molecular weight excluding hydrogens is 272 g/mol. The molecule has 0 aliphatic heterocycles. The highest BCUT2D eigenvalue weighted by atomic mass is 16.7. The van der Waals surface area contributed by atoms with E-state index in [0.29, 0.717) is 5.75 Å². The third-order valence-corrected chi connectivity index (χ3v) is 2.95. The number of ether oxygens (including phenoxy) is 1. The quantitative estimate of drug-likeness (QED) is 0.768. The molecule has 1 aromatic rings. The van der Waals surface area contributed by atoms with E-state index in [1.54, 1.807) is 12.1 Å². The van der Waals surface area contributed by atoms with Crippen LogP contribution in [0, 0.1) is 5.92 Å². The van der Waals surface area contributed by atoms with Gasteiger partial charge in [0.15, 0.2) is 6.61 Å². The Morgan fingerprint density at radius 2 is 1.86 bits per heavy atom. The Hall–Kier alpha value is -2.08. The van der Waals surface area contributed by atoms with E-state index in [1.165, 1.54) is 14.2 Å². The van der Waals surface area contributed by atoms with E-state index in [-0.39, 0.29) is 24.3 Å². The van der Waals surface area contributed by atoms with Crippen molar-refractivity contribution in [3.8, 4) is 5.75 Å². The van der Waals surface area contributed by atoms with Crippen molar-refractivity contribution in [1.29, 1.82) is 0 Å². The number of carbonyl (C=O) groups excluding carboxylic acids is 2. The molecule has 1 aromatic carbocycles. The zero-order valence-corrected chi connectivity index (χ0v) is 12.8. The minimum atomic E-state index is -0.651. The average molecular weight is 294 g/mol. The normalized spacial score (nSPS) is 11.9. The van der Waals surface area contributed by atoms with Crippen LogP contribution in [-0.4, -0.2) is 43.7 Å². The largest absolute Gasteiger partial charge is 0.484 e. The fourth-order valence-electron chi connectivity index (χ4n) is 1.68. The molecule has 1 N–H and O–H groups in total. The molecule has 0 aliphatic carbocycles. The summed E-state index contributed by atoms with van der Waals surface area (Å²) in [4.78, 5) is 28.8. The molecule has 0 spiro atoms. The van der Waals surface area contributed by atoms with Gasteiger partial charge < -0.3 is 10.1 Å². The fraction of sp³-hybridized carbons (Fsp3) is 0.467. The Kier molecular flexibility index (Phi) is 6.68. The first-order valence-electron chi connectivity index (χ1n) is 6.74. The maximum Gasteiger partial charge on any atom is 0.268 e. The number of hydroxylamine groups is 2. The SMILES string of the molecule is CON(C)C(=O)C(NC(=O)COc1ccccc1)C(C)C. The first-order chi connectivity index (χ1) is 9.95. The number of hydrogen-bond donors (Lipinski definition) is 1. The lowest BCUT2D eigenvalue weighted by Crippen LogP contribution is -2.51. The lowest BCUT2D eigenvalue weighted by Gasteiger charge is -2.25. The molecular formula is C15H22N2O4. The van der Waals surface area contributed by atoms with Crippen molar-refractivity contribution >= 4 is 11.8 Å². The molecule has 0 fully saturated rings. The van der Waals surface area contributed by atoms with Crippen molar-refractivity contribution < 1.29 is 19.2 Å². The van der Waals surface area contributed by atoms with E-state index >= 15 is 0 Å². The lowest BCUT2D eigenvalue weighted by atomic mass is 10.0. The molecule has 0 heterocycles. The maximum absolute atomic E-state index is 12.1. The van der Waals surface area contributed by atoms with Crippen LogP contribution in [0.25, 0.3) is 0 Å². The topological polar surface area (TPSA) is 67.9 Å². The standard InChI is InChI=1S/C15H22N2O4/c1-11(2)14(15(19)17(3)20-4)16-13(18)10-21-12-8-6-5-7-9-12/h5-9,11,14H,10H2,1-4H3,(H,16,18). The van der Waals surface area contributed by atoms with Crippen LogP contribution >= 0.6 is 0 Å². The van der Waals surface area contributed by atoms with Crippen LogP contribution in [0.3, 0.4) is 0 Å². The van der Waals surface area contributed by atoms with Crippen molar-refractivity contribution in [1.82, 2.24) is 10.4 Å². The third kappa shape index (κ3) is 5.43. The second-order valence-electron chi connectivity index (χ2n) is 4.91. The highest BCUT2D eigenvalue weighted by Crippen LogP contribution is 2.09. The van der Waals surface area contributed by atoms with Gasteiger partial charge in [-0.25, -0.2) is 5.06 Å². The first kappa shape index (κ1) is 17.0. The van der Waals surface area contributed by atoms with Gasteiger partial charge in [-0.1, -0.05) is 32.0 Å². The average Bonchev–Trinajstić information content (AvgIpc) is 2.49. The molecule has 6 nitrogen and oxygen atoms in total. The van der Waals surface area contributed by atoms with Gasteiger partial charge in [-0.05, 0) is 18.1 Å². The van der Waals surface area contributed by atoms with Crippen LogP contribution in [0.5, 0.6) is 5.75 Å². The second-order valence-corrected chi connectivity index (χ2v) is 4.91. The number of rotatable bonds is 7. The van der Waals surface area contributed by atoms with Crippen LogP contribution in [0.15, 0.2) is 30.3 Å². The van der Waals surface area contributed by atoms with Gasteiger partial charge >= 0.3 is 0 Å². The molecule has 0 saturated carbocycles. The summed E-state index contributed by atoms with van der Waals surface area (Å²) in [5.74, 6) is -0.110. The summed E-state index contributed by atoms with van der Waals surface area (Å²) in [6.07, 6.45) is 0. The number of benzene rings is 1. The number of amides is 2. The highest BCUT2D eigenvalue weighted by molar-refractivity contribution is 5.87. The Morgan fingerprint density at radius 3 is 2.38 bits per heavy atom. The van der Waals surface area contributed by atoms with Crippen molar-refractivity contribution in [2.45, 2.75) is 19.9 Å². The summed E-state index contributed by atoms with van der Waals surface area (Å²) < 4.78 is 5.35. The molecule has 0 bridgehead atoms. The molecule has 0 radical (unpaired) electrons. The zero-order valence-electron chi connectivity index (χ0n) is 12.8. The third-order valence-electron chi connectivity index (χ3n) is 2.95. The van der Waals surface area contributed by atoms with E-state index < -0.39 is 6.04 Å². The number of nitrogens with zero attached hydrogens (tertiary/aromatic N) is 1. The zero-order chi connectivity index (χ0) is 15.8. The van der Waals surface area contributed by atoms with Gasteiger partial charge in [-0.15, -0.1) is 0 Å². The fourth-order valence-corrected chi connectivity index (χ4v) is 1.68. The van der Waals surface area contributed by atoms with Gasteiger partial charge in [-0.2, -0.15) is 0 Å². The van der Waals surface area contributed by atoms with Gasteiger partial charge in [0.2, 0.25) is 0 Å². The Morgan fingerprint density at radius 1 is 1.24 bits per heavy atom. The maximum atomic E-state index is 12.1. The Balaban J connectivity index is 2.55. The molecule has 21 heavy (non-hydrogen) atoms. The number of hydrogen-bond acceptors (Lipinski definition) is 4. The molecule has 2 amide bonds. The minimum absolute atomic E-state index is 0.0595. The number of nitrogens with one attached hydrogen (secondary N) is 1. The summed E-state index contributed by atoms with van der Waals surface area (Å²) >= 11 is 0. The number of para-hydroxylation sites is 1. The van der Waals surface area contributed by atoms with Gasteiger partial charge in [0.1, 0.15) is 11.8 Å². The smallest absolute Gasteiger partial charge is 0.268 e. The summed E-state index contributed by atoms with van der Waals surface area (Å²) in [5.41, 5.74) is 0. The van der Waals surface area contributed by atoms with E-state index in [0.717, 1.165) is 5.06 Å². The Labute approximate surface area is 125 Å². The van der Waals surface area contributed by atoms with Crippen LogP contribution in [0.2, 0.25) is 0 Å². The molecule has 0 saturated heterocycles. The van der Waals surface area contributed by atoms with Crippen molar-refractivity contribution in [2.75, 3.05) is 20.8 Å². The van der Waals surface area contributed by atoms with Crippen LogP contribution in [-0.2, 0) is 14.4 Å². The predicted molar refractivity (Wildman–Crippen MR) is 78.5 cm³/mol. The monoisotopic (exact) mass is 294 g/mol. The Bertz CT molecular complexity index is 462. The van der Waals surface area contributed by atoms with E-state index in [2.05, 4.69) is 5.32 Å². The lowest BCUT2D eigenvalue weighted by molar-refractivity contribution is -0.172. The van der Waals surface area contributed by atoms with Crippen LogP contribution < -0.4 is 10.1 Å². The second kappa shape index (κ2) is 8.26. The number of likely N-dealkylation sites (N-methyl/N-ethyl adjacent to an activating group) is 1. The van der Waals surface area contributed by atoms with E-state index in [1.807, 2.05) is 32.0 Å². The first-order valence-corrected chi connectivity index (χ1v) is 6.74. The van der Waals surface area contributed by atoms with Crippen molar-refractivity contribution in [3.05, 3.63) is 30.3 Å². The van der Waals surface area contributed by atoms with Crippen molar-refractivity contribution in [3.63, 3.8) is 0 Å². The highest BCUT2D eigenvalue weighted by Gasteiger charge is 2.27. The summed E-state index contributed by atoms with van der Waals surface area (Å²) in [6, 6.07) is 8.37. The van der Waals surface area contributed by atoms with Gasteiger partial charge in [0.05, 0.1) is 7.11 Å². The summed E-state index contributed by atoms with van der Waals surface area (Å²) in [6.45, 7) is 3.56. The molecule has 6 heteroatoms. The van der Waals surface area contributed by atoms with Gasteiger partial charge in [-0.3, -0.25) is 14.4 Å². The van der Waals surface area contributed by atoms with Crippen molar-refractivity contribution in [2.24, 2.45) is 5.92 Å². The van der Waals surface area contributed by atoms with Gasteiger partial charge in [0.25, 0.3) is 11.8 Å². The molecule has 116 valence electrons. The predicted octanol–water partition coefficient (Wildman–Crippen LogP) is 1.23. The van der Waals surface area contributed by atoms with E-state index in [9.17, 15) is 9.59 Å². The molecule has 0 aliphatic rings. The minimum Gasteiger partial charge on any atom is -0.484 e. The molecule has 0 aromatic heterocycles. The van der Waals surface area contributed by atoms with E-state index in [4.69, 9.17) is 9.57 Å². The summed E-state index contributed by atoms with van der Waals surface area (Å²) in [7, 11) is 2.90. The van der Waals surface area contributed by atoms with Gasteiger partial charge in [0, 0.05) is 7.05 Å². The molecule has 1 unspecified atom stereocenters. The molecule has 1 atom stereocenters.